The quantitative estimate of drug-likeness (QED) is 0.689. The van der Waals surface area contributed by atoms with E-state index in [1.54, 1.807) is 25.2 Å². The molecule has 20 heavy (non-hydrogen) atoms. The van der Waals surface area contributed by atoms with Crippen molar-refractivity contribution in [1.29, 1.82) is 0 Å². The van der Waals surface area contributed by atoms with Crippen molar-refractivity contribution in [3.8, 4) is 0 Å². The second-order valence-electron chi connectivity index (χ2n) is 5.01. The number of rotatable bonds is 3. The van der Waals surface area contributed by atoms with Gasteiger partial charge < -0.3 is 25.8 Å². The molecule has 1 aliphatic rings. The molecule has 1 heterocycles. The highest BCUT2D eigenvalue weighted by molar-refractivity contribution is 5.96. The van der Waals surface area contributed by atoms with Gasteiger partial charge in [-0.2, -0.15) is 0 Å². The summed E-state index contributed by atoms with van der Waals surface area (Å²) in [6.45, 7) is 3.16. The maximum atomic E-state index is 11.7. The number of carbonyl (C=O) groups is 1. The molecule has 1 aromatic carbocycles. The molecule has 6 nitrogen and oxygen atoms in total. The molecule has 0 saturated carbocycles. The van der Waals surface area contributed by atoms with Crippen molar-refractivity contribution < 1.29 is 14.6 Å². The first-order valence-electron chi connectivity index (χ1n) is 6.68. The van der Waals surface area contributed by atoms with Crippen LogP contribution in [-0.2, 0) is 4.74 Å². The van der Waals surface area contributed by atoms with E-state index in [-0.39, 0.29) is 24.7 Å². The second kappa shape index (κ2) is 6.11. The van der Waals surface area contributed by atoms with E-state index in [4.69, 9.17) is 10.5 Å². The number of hydrogen-bond acceptors (Lipinski definition) is 5. The third-order valence-corrected chi connectivity index (χ3v) is 3.39. The van der Waals surface area contributed by atoms with E-state index in [1.165, 1.54) is 0 Å². The molecule has 2 rings (SSSR count). The average molecular weight is 279 g/mol. The van der Waals surface area contributed by atoms with Crippen molar-refractivity contribution in [2.24, 2.45) is 0 Å². The Balaban J connectivity index is 2.28. The number of carbonyl (C=O) groups excluding carboxylic acids is 1. The Bertz CT molecular complexity index is 493. The highest BCUT2D eigenvalue weighted by Gasteiger charge is 2.26. The maximum absolute atomic E-state index is 11.7. The molecule has 110 valence electrons. The fraction of sp³-hybridized carbons (Fsp3) is 0.500. The summed E-state index contributed by atoms with van der Waals surface area (Å²) in [7, 11) is 1.59. The molecule has 2 unspecified atom stereocenters. The Kier molecular flexibility index (Phi) is 4.46. The van der Waals surface area contributed by atoms with E-state index in [0.717, 1.165) is 5.69 Å². The van der Waals surface area contributed by atoms with Crippen LogP contribution in [0, 0.1) is 0 Å². The summed E-state index contributed by atoms with van der Waals surface area (Å²) in [6, 6.07) is 5.21. The Labute approximate surface area is 118 Å². The predicted molar refractivity (Wildman–Crippen MR) is 77.9 cm³/mol. The lowest BCUT2D eigenvalue weighted by Gasteiger charge is -2.38. The van der Waals surface area contributed by atoms with Crippen LogP contribution in [0.15, 0.2) is 18.2 Å². The van der Waals surface area contributed by atoms with Gasteiger partial charge in [-0.05, 0) is 25.1 Å². The van der Waals surface area contributed by atoms with Gasteiger partial charge in [0.1, 0.15) is 0 Å². The molecule has 1 aliphatic heterocycles. The zero-order chi connectivity index (χ0) is 14.7. The molecule has 0 spiro atoms. The standard InChI is InChI=1S/C14H21N3O3/c1-9-6-17(7-11(8-18)20-9)13-5-10(14(19)16-2)3-4-12(13)15/h3-5,9,11,18H,6-8,15H2,1-2H3,(H,16,19). The van der Waals surface area contributed by atoms with Crippen LogP contribution in [-0.4, -0.2) is 50.0 Å². The minimum atomic E-state index is -0.234. The summed E-state index contributed by atoms with van der Waals surface area (Å²) >= 11 is 0. The van der Waals surface area contributed by atoms with Crippen molar-refractivity contribution in [2.75, 3.05) is 37.4 Å². The number of nitrogen functional groups attached to an aromatic ring is 1. The van der Waals surface area contributed by atoms with E-state index < -0.39 is 0 Å². The van der Waals surface area contributed by atoms with E-state index >= 15 is 0 Å². The van der Waals surface area contributed by atoms with E-state index in [2.05, 4.69) is 10.2 Å². The Morgan fingerprint density at radius 3 is 2.95 bits per heavy atom. The van der Waals surface area contributed by atoms with Crippen molar-refractivity contribution >= 4 is 17.3 Å². The van der Waals surface area contributed by atoms with Crippen LogP contribution < -0.4 is 16.0 Å². The molecule has 1 fully saturated rings. The van der Waals surface area contributed by atoms with Crippen molar-refractivity contribution in [3.05, 3.63) is 23.8 Å². The average Bonchev–Trinajstić information content (AvgIpc) is 2.46. The van der Waals surface area contributed by atoms with E-state index in [0.29, 0.717) is 24.3 Å². The minimum absolute atomic E-state index is 0.00366. The number of morpholine rings is 1. The third-order valence-electron chi connectivity index (χ3n) is 3.39. The summed E-state index contributed by atoms with van der Waals surface area (Å²) in [6.07, 6.45) is -0.231. The minimum Gasteiger partial charge on any atom is -0.397 e. The van der Waals surface area contributed by atoms with Crippen LogP contribution in [0.3, 0.4) is 0 Å². The van der Waals surface area contributed by atoms with Gasteiger partial charge in [0.15, 0.2) is 0 Å². The van der Waals surface area contributed by atoms with Crippen molar-refractivity contribution in [2.45, 2.75) is 19.1 Å². The molecular formula is C14H21N3O3. The summed E-state index contributed by atoms with van der Waals surface area (Å²) in [5.74, 6) is -0.147. The maximum Gasteiger partial charge on any atom is 0.251 e. The largest absolute Gasteiger partial charge is 0.397 e. The van der Waals surface area contributed by atoms with E-state index in [1.807, 2.05) is 6.92 Å². The Morgan fingerprint density at radius 2 is 2.30 bits per heavy atom. The van der Waals surface area contributed by atoms with Gasteiger partial charge in [-0.1, -0.05) is 0 Å². The number of nitrogens with one attached hydrogen (secondary N) is 1. The second-order valence-corrected chi connectivity index (χ2v) is 5.01. The number of aliphatic hydroxyl groups excluding tert-OH is 1. The molecule has 2 atom stereocenters. The highest BCUT2D eigenvalue weighted by atomic mass is 16.5. The first-order valence-corrected chi connectivity index (χ1v) is 6.68. The molecule has 1 aromatic rings. The number of hydrogen-bond donors (Lipinski definition) is 3. The van der Waals surface area contributed by atoms with Gasteiger partial charge in [0.05, 0.1) is 30.2 Å². The smallest absolute Gasteiger partial charge is 0.251 e. The molecule has 0 aliphatic carbocycles. The van der Waals surface area contributed by atoms with Crippen molar-refractivity contribution in [3.63, 3.8) is 0 Å². The summed E-state index contributed by atoms with van der Waals surface area (Å²) < 4.78 is 5.61. The van der Waals surface area contributed by atoms with Crippen LogP contribution in [0.5, 0.6) is 0 Å². The molecule has 1 amide bonds. The van der Waals surface area contributed by atoms with Gasteiger partial charge in [0.25, 0.3) is 5.91 Å². The van der Waals surface area contributed by atoms with Gasteiger partial charge in [-0.25, -0.2) is 0 Å². The van der Waals surface area contributed by atoms with Gasteiger partial charge in [-0.3, -0.25) is 4.79 Å². The highest BCUT2D eigenvalue weighted by Crippen LogP contribution is 2.27. The van der Waals surface area contributed by atoms with Crippen LogP contribution in [0.4, 0.5) is 11.4 Å². The first kappa shape index (κ1) is 14.6. The fourth-order valence-corrected chi connectivity index (χ4v) is 2.45. The van der Waals surface area contributed by atoms with Crippen molar-refractivity contribution in [1.82, 2.24) is 5.32 Å². The molecule has 4 N–H and O–H groups in total. The zero-order valence-electron chi connectivity index (χ0n) is 11.8. The Morgan fingerprint density at radius 1 is 1.55 bits per heavy atom. The van der Waals surface area contributed by atoms with Gasteiger partial charge in [0, 0.05) is 25.7 Å². The number of ether oxygens (including phenoxy) is 1. The number of anilines is 2. The SMILES string of the molecule is CNC(=O)c1ccc(N)c(N2CC(C)OC(CO)C2)c1. The molecular weight excluding hydrogens is 258 g/mol. The molecule has 6 heteroatoms. The summed E-state index contributed by atoms with van der Waals surface area (Å²) in [4.78, 5) is 13.8. The van der Waals surface area contributed by atoms with Gasteiger partial charge in [-0.15, -0.1) is 0 Å². The van der Waals surface area contributed by atoms with Crippen LogP contribution in [0.25, 0.3) is 0 Å². The fourth-order valence-electron chi connectivity index (χ4n) is 2.45. The summed E-state index contributed by atoms with van der Waals surface area (Å²) in [5.41, 5.74) is 8.00. The number of amides is 1. The third kappa shape index (κ3) is 3.02. The predicted octanol–water partition coefficient (Wildman–Crippen LogP) is 0.214. The van der Waals surface area contributed by atoms with Crippen LogP contribution in [0.2, 0.25) is 0 Å². The molecule has 0 radical (unpaired) electrons. The molecule has 1 saturated heterocycles. The molecule has 0 aromatic heterocycles. The number of nitrogens with two attached hydrogens (primary N) is 1. The zero-order valence-corrected chi connectivity index (χ0v) is 11.8. The summed E-state index contributed by atoms with van der Waals surface area (Å²) in [5, 5.41) is 11.9. The number of nitrogens with zero attached hydrogens (tertiary/aromatic N) is 1. The monoisotopic (exact) mass is 279 g/mol. The van der Waals surface area contributed by atoms with Crippen LogP contribution in [0.1, 0.15) is 17.3 Å². The van der Waals surface area contributed by atoms with E-state index in [9.17, 15) is 9.90 Å². The lowest BCUT2D eigenvalue weighted by atomic mass is 10.1. The van der Waals surface area contributed by atoms with Gasteiger partial charge in [0.2, 0.25) is 0 Å². The normalized spacial score (nSPS) is 22.6. The Hall–Kier alpha value is -1.79. The first-order chi connectivity index (χ1) is 9.55. The molecule has 0 bridgehead atoms. The van der Waals surface area contributed by atoms with Gasteiger partial charge >= 0.3 is 0 Å². The number of aliphatic hydroxyl groups is 1. The lowest BCUT2D eigenvalue weighted by Crippen LogP contribution is -2.48. The van der Waals surface area contributed by atoms with Crippen LogP contribution >= 0.6 is 0 Å². The topological polar surface area (TPSA) is 87.8 Å². The number of benzene rings is 1. The lowest BCUT2D eigenvalue weighted by molar-refractivity contribution is -0.0420.